The van der Waals surface area contributed by atoms with E-state index < -0.39 is 0 Å². The third-order valence-corrected chi connectivity index (χ3v) is 6.26. The maximum Gasteiger partial charge on any atom is 0.233 e. The first kappa shape index (κ1) is 21.7. The number of aromatic nitrogens is 3. The number of hydrogen-bond donors (Lipinski definition) is 0. The Labute approximate surface area is 185 Å². The SMILES string of the molecule is CCn1c(SCC(=O)N(C)Cc2ccc(Cl)c(Cl)c2)nnc1-c1ccccc1C. The summed E-state index contributed by atoms with van der Waals surface area (Å²) in [4.78, 5) is 14.3. The molecule has 0 aliphatic rings. The molecule has 3 rings (SSSR count). The molecule has 0 bridgehead atoms. The Morgan fingerprint density at radius 3 is 2.59 bits per heavy atom. The van der Waals surface area contributed by atoms with Crippen molar-refractivity contribution in [1.82, 2.24) is 19.7 Å². The van der Waals surface area contributed by atoms with Gasteiger partial charge in [-0.3, -0.25) is 4.79 Å². The molecule has 5 nitrogen and oxygen atoms in total. The molecule has 2 aromatic carbocycles. The van der Waals surface area contributed by atoms with E-state index in [9.17, 15) is 4.79 Å². The smallest absolute Gasteiger partial charge is 0.233 e. The Hall–Kier alpha value is -2.02. The molecule has 0 atom stereocenters. The van der Waals surface area contributed by atoms with Gasteiger partial charge >= 0.3 is 0 Å². The van der Waals surface area contributed by atoms with E-state index >= 15 is 0 Å². The minimum atomic E-state index is 0.00386. The van der Waals surface area contributed by atoms with Crippen molar-refractivity contribution in [3.8, 4) is 11.4 Å². The fourth-order valence-corrected chi connectivity index (χ4v) is 4.20. The van der Waals surface area contributed by atoms with Gasteiger partial charge in [0.15, 0.2) is 11.0 Å². The Morgan fingerprint density at radius 2 is 1.90 bits per heavy atom. The van der Waals surface area contributed by atoms with Gasteiger partial charge in [0.25, 0.3) is 0 Å². The molecule has 8 heteroatoms. The quantitative estimate of drug-likeness (QED) is 0.458. The third-order valence-electron chi connectivity index (χ3n) is 4.57. The molecule has 29 heavy (non-hydrogen) atoms. The minimum Gasteiger partial charge on any atom is -0.341 e. The molecule has 0 unspecified atom stereocenters. The number of carbonyl (C=O) groups is 1. The van der Waals surface area contributed by atoms with E-state index in [4.69, 9.17) is 23.2 Å². The summed E-state index contributed by atoms with van der Waals surface area (Å²) < 4.78 is 2.04. The number of thioether (sulfide) groups is 1. The number of hydrogen-bond acceptors (Lipinski definition) is 4. The highest BCUT2D eigenvalue weighted by molar-refractivity contribution is 7.99. The Balaban J connectivity index is 1.67. The van der Waals surface area contributed by atoms with Crippen molar-refractivity contribution >= 4 is 40.9 Å². The maximum atomic E-state index is 12.6. The van der Waals surface area contributed by atoms with Crippen molar-refractivity contribution in [2.75, 3.05) is 12.8 Å². The molecular weight excluding hydrogens is 427 g/mol. The third kappa shape index (κ3) is 5.13. The molecule has 152 valence electrons. The van der Waals surface area contributed by atoms with E-state index in [1.807, 2.05) is 35.8 Å². The zero-order valence-electron chi connectivity index (χ0n) is 16.5. The zero-order chi connectivity index (χ0) is 21.0. The van der Waals surface area contributed by atoms with Crippen LogP contribution in [0.4, 0.5) is 0 Å². The first-order valence-electron chi connectivity index (χ1n) is 9.20. The molecular formula is C21H22Cl2N4OS. The fraction of sp³-hybridized carbons (Fsp3) is 0.286. The molecule has 1 aromatic heterocycles. The normalized spacial score (nSPS) is 10.9. The molecule has 0 fully saturated rings. The van der Waals surface area contributed by atoms with Crippen LogP contribution in [0.1, 0.15) is 18.1 Å². The van der Waals surface area contributed by atoms with Crippen LogP contribution in [0.15, 0.2) is 47.6 Å². The lowest BCUT2D eigenvalue weighted by atomic mass is 10.1. The second kappa shape index (κ2) is 9.65. The summed E-state index contributed by atoms with van der Waals surface area (Å²) in [6.07, 6.45) is 0. The van der Waals surface area contributed by atoms with Gasteiger partial charge < -0.3 is 9.47 Å². The van der Waals surface area contributed by atoms with Crippen LogP contribution in [-0.4, -0.2) is 38.4 Å². The van der Waals surface area contributed by atoms with Gasteiger partial charge in [-0.25, -0.2) is 0 Å². The predicted octanol–water partition coefficient (Wildman–Crippen LogP) is 5.33. The molecule has 3 aromatic rings. The van der Waals surface area contributed by atoms with Gasteiger partial charge in [-0.1, -0.05) is 65.3 Å². The molecule has 0 N–H and O–H groups in total. The zero-order valence-corrected chi connectivity index (χ0v) is 18.9. The second-order valence-corrected chi connectivity index (χ2v) is 8.41. The van der Waals surface area contributed by atoms with E-state index in [1.54, 1.807) is 24.1 Å². The average molecular weight is 449 g/mol. The first-order valence-corrected chi connectivity index (χ1v) is 10.9. The topological polar surface area (TPSA) is 51.0 Å². The number of amides is 1. The molecule has 1 amide bonds. The molecule has 0 radical (unpaired) electrons. The summed E-state index contributed by atoms with van der Waals surface area (Å²) >= 11 is 13.4. The van der Waals surface area contributed by atoms with Gasteiger partial charge in [0.1, 0.15) is 0 Å². The summed E-state index contributed by atoms with van der Waals surface area (Å²) in [6.45, 7) is 5.29. The lowest BCUT2D eigenvalue weighted by Gasteiger charge is -2.17. The first-order chi connectivity index (χ1) is 13.9. The molecule has 0 saturated heterocycles. The predicted molar refractivity (Wildman–Crippen MR) is 120 cm³/mol. The van der Waals surface area contributed by atoms with Crippen molar-refractivity contribution < 1.29 is 4.79 Å². The van der Waals surface area contributed by atoms with Gasteiger partial charge in [0.05, 0.1) is 15.8 Å². The number of rotatable bonds is 7. The van der Waals surface area contributed by atoms with Gasteiger partial charge in [0.2, 0.25) is 5.91 Å². The highest BCUT2D eigenvalue weighted by Gasteiger charge is 2.17. The maximum absolute atomic E-state index is 12.6. The Bertz CT molecular complexity index is 1020. The van der Waals surface area contributed by atoms with Crippen molar-refractivity contribution in [2.45, 2.75) is 32.1 Å². The summed E-state index contributed by atoms with van der Waals surface area (Å²) in [5.41, 5.74) is 3.12. The molecule has 0 saturated carbocycles. The lowest BCUT2D eigenvalue weighted by Crippen LogP contribution is -2.27. The molecule has 1 heterocycles. The summed E-state index contributed by atoms with van der Waals surface area (Å²) in [5.74, 6) is 1.11. The van der Waals surface area contributed by atoms with Crippen molar-refractivity contribution in [3.63, 3.8) is 0 Å². The van der Waals surface area contributed by atoms with E-state index in [1.165, 1.54) is 11.8 Å². The monoisotopic (exact) mass is 448 g/mol. The van der Waals surface area contributed by atoms with Crippen LogP contribution >= 0.6 is 35.0 Å². The number of carbonyl (C=O) groups excluding carboxylic acids is 1. The highest BCUT2D eigenvalue weighted by atomic mass is 35.5. The van der Waals surface area contributed by atoms with Crippen molar-refractivity contribution in [3.05, 3.63) is 63.6 Å². The van der Waals surface area contributed by atoms with Crippen LogP contribution in [0, 0.1) is 6.92 Å². The minimum absolute atomic E-state index is 0.00386. The lowest BCUT2D eigenvalue weighted by molar-refractivity contribution is -0.127. The largest absolute Gasteiger partial charge is 0.341 e. The van der Waals surface area contributed by atoms with Gasteiger partial charge in [-0.2, -0.15) is 0 Å². The van der Waals surface area contributed by atoms with Crippen LogP contribution in [0.5, 0.6) is 0 Å². The van der Waals surface area contributed by atoms with Crippen molar-refractivity contribution in [2.24, 2.45) is 0 Å². The van der Waals surface area contributed by atoms with E-state index in [-0.39, 0.29) is 11.7 Å². The summed E-state index contributed by atoms with van der Waals surface area (Å²) in [6, 6.07) is 13.5. The summed E-state index contributed by atoms with van der Waals surface area (Å²) in [7, 11) is 1.77. The van der Waals surface area contributed by atoms with Crippen LogP contribution in [0.2, 0.25) is 10.0 Å². The summed E-state index contributed by atoms with van der Waals surface area (Å²) in [5, 5.41) is 10.4. The number of halogens is 2. The van der Waals surface area contributed by atoms with Gasteiger partial charge in [0, 0.05) is 25.7 Å². The Morgan fingerprint density at radius 1 is 1.14 bits per heavy atom. The van der Waals surface area contributed by atoms with Crippen LogP contribution in [0.25, 0.3) is 11.4 Å². The number of benzene rings is 2. The molecule has 0 aliphatic carbocycles. The van der Waals surface area contributed by atoms with Crippen LogP contribution in [0.3, 0.4) is 0 Å². The van der Waals surface area contributed by atoms with Crippen LogP contribution < -0.4 is 0 Å². The van der Waals surface area contributed by atoms with E-state index in [0.29, 0.717) is 16.6 Å². The Kier molecular flexibility index (Phi) is 7.22. The standard InChI is InChI=1S/C21H22Cl2N4OS/c1-4-27-20(16-8-6-5-7-14(16)2)24-25-21(27)29-13-19(28)26(3)12-15-9-10-17(22)18(23)11-15/h5-11H,4,12-13H2,1-3H3. The fourth-order valence-electron chi connectivity index (χ4n) is 2.94. The van der Waals surface area contributed by atoms with Crippen LogP contribution in [-0.2, 0) is 17.9 Å². The van der Waals surface area contributed by atoms with E-state index in [0.717, 1.165) is 34.2 Å². The molecule has 0 spiro atoms. The van der Waals surface area contributed by atoms with E-state index in [2.05, 4.69) is 23.2 Å². The van der Waals surface area contributed by atoms with Gasteiger partial charge in [-0.15, -0.1) is 10.2 Å². The average Bonchev–Trinajstić information content (AvgIpc) is 3.11. The van der Waals surface area contributed by atoms with Gasteiger partial charge in [-0.05, 0) is 37.1 Å². The second-order valence-electron chi connectivity index (χ2n) is 6.65. The number of aryl methyl sites for hydroxylation is 1. The van der Waals surface area contributed by atoms with Crippen molar-refractivity contribution in [1.29, 1.82) is 0 Å². The number of nitrogens with zero attached hydrogens (tertiary/aromatic N) is 4. The highest BCUT2D eigenvalue weighted by Crippen LogP contribution is 2.27. The molecule has 0 aliphatic heterocycles.